The number of ether oxygens (including phenoxy) is 1. The quantitative estimate of drug-likeness (QED) is 0.773. The van der Waals surface area contributed by atoms with Crippen LogP contribution < -0.4 is 15.0 Å². The van der Waals surface area contributed by atoms with Gasteiger partial charge in [-0.1, -0.05) is 6.07 Å². The third kappa shape index (κ3) is 3.30. The molecular formula is C18H20N6O2. The predicted octanol–water partition coefficient (Wildman–Crippen LogP) is 1.99. The molecule has 134 valence electrons. The number of rotatable bonds is 4. The zero-order chi connectivity index (χ0) is 17.9. The lowest BCUT2D eigenvalue weighted by atomic mass is 9.97. The van der Waals surface area contributed by atoms with Crippen LogP contribution in [-0.2, 0) is 4.79 Å². The molecule has 3 aromatic rings. The number of hydrogen-bond acceptors (Lipinski definition) is 6. The van der Waals surface area contributed by atoms with E-state index in [9.17, 15) is 4.79 Å². The Kier molecular flexibility index (Phi) is 4.39. The van der Waals surface area contributed by atoms with Crippen molar-refractivity contribution in [3.63, 3.8) is 0 Å². The van der Waals surface area contributed by atoms with E-state index >= 15 is 0 Å². The lowest BCUT2D eigenvalue weighted by molar-refractivity contribution is -0.120. The molecule has 1 amide bonds. The number of carbonyl (C=O) groups excluding carboxylic acids is 1. The highest BCUT2D eigenvalue weighted by molar-refractivity contribution is 5.93. The molecule has 8 nitrogen and oxygen atoms in total. The van der Waals surface area contributed by atoms with Gasteiger partial charge in [0.2, 0.25) is 5.91 Å². The first-order chi connectivity index (χ1) is 12.7. The highest BCUT2D eigenvalue weighted by Gasteiger charge is 2.27. The van der Waals surface area contributed by atoms with Crippen LogP contribution in [0.1, 0.15) is 12.8 Å². The van der Waals surface area contributed by atoms with Crippen molar-refractivity contribution in [3.8, 4) is 5.75 Å². The smallest absolute Gasteiger partial charge is 0.229 e. The van der Waals surface area contributed by atoms with Crippen molar-refractivity contribution in [2.45, 2.75) is 12.8 Å². The van der Waals surface area contributed by atoms with E-state index in [1.165, 1.54) is 0 Å². The zero-order valence-corrected chi connectivity index (χ0v) is 14.5. The van der Waals surface area contributed by atoms with Crippen molar-refractivity contribution in [1.29, 1.82) is 0 Å². The molecule has 1 atom stereocenters. The Labute approximate surface area is 150 Å². The molecule has 4 rings (SSSR count). The second-order valence-corrected chi connectivity index (χ2v) is 6.33. The van der Waals surface area contributed by atoms with E-state index in [1.807, 2.05) is 36.4 Å². The van der Waals surface area contributed by atoms with Gasteiger partial charge in [-0.3, -0.25) is 4.79 Å². The second-order valence-electron chi connectivity index (χ2n) is 6.33. The first kappa shape index (κ1) is 16.3. The first-order valence-corrected chi connectivity index (χ1v) is 8.60. The molecule has 0 radical (unpaired) electrons. The summed E-state index contributed by atoms with van der Waals surface area (Å²) in [5.74, 6) is 1.48. The number of amides is 1. The maximum absolute atomic E-state index is 12.7. The SMILES string of the molecule is COc1cccc(NC(=O)[C@H]2CCCN(c3ccc4nncn4n3)C2)c1. The lowest BCUT2D eigenvalue weighted by Gasteiger charge is -2.32. The fourth-order valence-corrected chi connectivity index (χ4v) is 3.23. The van der Waals surface area contributed by atoms with Gasteiger partial charge in [0, 0.05) is 24.8 Å². The van der Waals surface area contributed by atoms with Gasteiger partial charge in [0.1, 0.15) is 17.9 Å². The minimum absolute atomic E-state index is 0.0216. The number of hydrogen-bond donors (Lipinski definition) is 1. The standard InChI is InChI=1S/C18H20N6O2/c1-26-15-6-2-5-14(10-15)20-18(25)13-4-3-9-23(11-13)17-8-7-16-21-19-12-24(16)22-17/h2,5-8,10,12-13H,3-4,9,11H2,1H3,(H,20,25)/t13-/m0/s1. The molecule has 26 heavy (non-hydrogen) atoms. The van der Waals surface area contributed by atoms with E-state index < -0.39 is 0 Å². The van der Waals surface area contributed by atoms with Gasteiger partial charge in [-0.15, -0.1) is 15.3 Å². The molecule has 3 heterocycles. The fraction of sp³-hybridized carbons (Fsp3) is 0.333. The maximum Gasteiger partial charge on any atom is 0.229 e. The van der Waals surface area contributed by atoms with Crippen LogP contribution in [-0.4, -0.2) is 45.9 Å². The highest BCUT2D eigenvalue weighted by atomic mass is 16.5. The summed E-state index contributed by atoms with van der Waals surface area (Å²) in [6, 6.07) is 11.2. The number of anilines is 2. The Hall–Kier alpha value is -3.16. The lowest BCUT2D eigenvalue weighted by Crippen LogP contribution is -2.41. The summed E-state index contributed by atoms with van der Waals surface area (Å²) in [6.45, 7) is 1.51. The van der Waals surface area contributed by atoms with Crippen molar-refractivity contribution >= 4 is 23.1 Å². The Morgan fingerprint density at radius 3 is 3.12 bits per heavy atom. The van der Waals surface area contributed by atoms with Crippen LogP contribution in [0.3, 0.4) is 0 Å². The van der Waals surface area contributed by atoms with E-state index in [0.717, 1.165) is 36.6 Å². The van der Waals surface area contributed by atoms with E-state index in [4.69, 9.17) is 4.74 Å². The molecule has 1 aliphatic rings. The predicted molar refractivity (Wildman–Crippen MR) is 97.3 cm³/mol. The zero-order valence-electron chi connectivity index (χ0n) is 14.5. The molecule has 8 heteroatoms. The van der Waals surface area contributed by atoms with E-state index in [1.54, 1.807) is 18.0 Å². The average Bonchev–Trinajstić information content (AvgIpc) is 3.16. The summed E-state index contributed by atoms with van der Waals surface area (Å²) >= 11 is 0. The number of carbonyl (C=O) groups is 1. The minimum Gasteiger partial charge on any atom is -0.497 e. The van der Waals surface area contributed by atoms with Crippen LogP contribution in [0.15, 0.2) is 42.7 Å². The van der Waals surface area contributed by atoms with Gasteiger partial charge in [-0.25, -0.2) is 0 Å². The van der Waals surface area contributed by atoms with Crippen LogP contribution in [0.5, 0.6) is 5.75 Å². The van der Waals surface area contributed by atoms with Crippen LogP contribution in [0, 0.1) is 5.92 Å². The molecule has 1 aromatic carbocycles. The first-order valence-electron chi connectivity index (χ1n) is 8.60. The molecule has 0 aliphatic carbocycles. The molecule has 1 N–H and O–H groups in total. The average molecular weight is 352 g/mol. The normalized spacial score (nSPS) is 17.3. The molecule has 2 aromatic heterocycles. The van der Waals surface area contributed by atoms with Crippen LogP contribution in [0.25, 0.3) is 5.65 Å². The van der Waals surface area contributed by atoms with Crippen molar-refractivity contribution in [2.24, 2.45) is 5.92 Å². The van der Waals surface area contributed by atoms with Gasteiger partial charge in [0.05, 0.1) is 13.0 Å². The van der Waals surface area contributed by atoms with Crippen LogP contribution in [0.4, 0.5) is 11.5 Å². The molecule has 0 spiro atoms. The largest absolute Gasteiger partial charge is 0.497 e. The van der Waals surface area contributed by atoms with Gasteiger partial charge in [0.15, 0.2) is 5.65 Å². The molecule has 1 aliphatic heterocycles. The molecule has 1 fully saturated rings. The molecule has 0 saturated carbocycles. The number of fused-ring (bicyclic) bond motifs is 1. The monoisotopic (exact) mass is 352 g/mol. The Bertz CT molecular complexity index is 925. The van der Waals surface area contributed by atoms with E-state index in [2.05, 4.69) is 25.5 Å². The van der Waals surface area contributed by atoms with Gasteiger partial charge < -0.3 is 15.0 Å². The number of nitrogens with one attached hydrogen (secondary N) is 1. The van der Waals surface area contributed by atoms with Crippen molar-refractivity contribution in [2.75, 3.05) is 30.4 Å². The Morgan fingerprint density at radius 2 is 2.23 bits per heavy atom. The maximum atomic E-state index is 12.7. The van der Waals surface area contributed by atoms with Crippen molar-refractivity contribution in [1.82, 2.24) is 19.8 Å². The van der Waals surface area contributed by atoms with Gasteiger partial charge in [-0.05, 0) is 37.1 Å². The third-order valence-corrected chi connectivity index (χ3v) is 4.60. The second kappa shape index (κ2) is 6.99. The summed E-state index contributed by atoms with van der Waals surface area (Å²) in [7, 11) is 1.61. The molecule has 0 bridgehead atoms. The van der Waals surface area contributed by atoms with Gasteiger partial charge in [-0.2, -0.15) is 4.52 Å². The van der Waals surface area contributed by atoms with Crippen molar-refractivity contribution in [3.05, 3.63) is 42.7 Å². The number of benzene rings is 1. The molecule has 0 unspecified atom stereocenters. The van der Waals surface area contributed by atoms with E-state index in [-0.39, 0.29) is 11.8 Å². The number of nitrogens with zero attached hydrogens (tertiary/aromatic N) is 5. The van der Waals surface area contributed by atoms with Gasteiger partial charge >= 0.3 is 0 Å². The number of piperidine rings is 1. The molecular weight excluding hydrogens is 332 g/mol. The highest BCUT2D eigenvalue weighted by Crippen LogP contribution is 2.24. The summed E-state index contributed by atoms with van der Waals surface area (Å²) in [5.41, 5.74) is 1.45. The van der Waals surface area contributed by atoms with Gasteiger partial charge in [0.25, 0.3) is 0 Å². The Balaban J connectivity index is 1.46. The molecule has 1 saturated heterocycles. The third-order valence-electron chi connectivity index (χ3n) is 4.60. The van der Waals surface area contributed by atoms with E-state index in [0.29, 0.717) is 12.2 Å². The minimum atomic E-state index is -0.0895. The summed E-state index contributed by atoms with van der Waals surface area (Å²) in [4.78, 5) is 14.8. The number of methoxy groups -OCH3 is 1. The summed E-state index contributed by atoms with van der Waals surface area (Å²) in [5, 5.41) is 15.3. The summed E-state index contributed by atoms with van der Waals surface area (Å²) < 4.78 is 6.85. The number of aromatic nitrogens is 4. The van der Waals surface area contributed by atoms with Crippen LogP contribution >= 0.6 is 0 Å². The fourth-order valence-electron chi connectivity index (χ4n) is 3.23. The van der Waals surface area contributed by atoms with Crippen LogP contribution in [0.2, 0.25) is 0 Å². The summed E-state index contributed by atoms with van der Waals surface area (Å²) in [6.07, 6.45) is 3.38. The Morgan fingerprint density at radius 1 is 1.31 bits per heavy atom. The van der Waals surface area contributed by atoms with Crippen molar-refractivity contribution < 1.29 is 9.53 Å². The topological polar surface area (TPSA) is 84.6 Å².